The molecule has 0 aromatic carbocycles. The molecule has 1 aliphatic carbocycles. The summed E-state index contributed by atoms with van der Waals surface area (Å²) in [5.74, 6) is 1.58. The smallest absolute Gasteiger partial charge is 0.274 e. The van der Waals surface area contributed by atoms with E-state index in [-0.39, 0.29) is 5.91 Å². The number of carbonyl (C=O) groups excluding carboxylic acids is 1. The zero-order valence-electron chi connectivity index (χ0n) is 11.9. The van der Waals surface area contributed by atoms with Gasteiger partial charge in [-0.3, -0.25) is 9.69 Å². The first-order chi connectivity index (χ1) is 9.76. The number of piperazine rings is 1. The molecule has 1 N–H and O–H groups in total. The number of aromatic nitrogens is 2. The van der Waals surface area contributed by atoms with Crippen LogP contribution in [-0.4, -0.2) is 65.4 Å². The van der Waals surface area contributed by atoms with Crippen molar-refractivity contribution in [2.75, 3.05) is 45.1 Å². The van der Waals surface area contributed by atoms with Crippen LogP contribution in [0.1, 0.15) is 23.3 Å². The van der Waals surface area contributed by atoms with Crippen LogP contribution in [0.3, 0.4) is 0 Å². The van der Waals surface area contributed by atoms with Crippen LogP contribution < -0.4 is 5.32 Å². The standard InChI is InChI=1S/C14H21N5O/c1-15-13-9-16-12(8-17-13)14(20)19-6-4-18(5-7-19)10-11-2-3-11/h8-9,11H,2-7,10H2,1H3,(H,15,17). The lowest BCUT2D eigenvalue weighted by Gasteiger charge is -2.34. The Morgan fingerprint density at radius 2 is 2.00 bits per heavy atom. The van der Waals surface area contributed by atoms with Crippen LogP contribution in [-0.2, 0) is 0 Å². The van der Waals surface area contributed by atoms with E-state index in [4.69, 9.17) is 0 Å². The van der Waals surface area contributed by atoms with E-state index in [1.54, 1.807) is 19.4 Å². The number of rotatable bonds is 4. The van der Waals surface area contributed by atoms with Gasteiger partial charge in [0.2, 0.25) is 0 Å². The highest BCUT2D eigenvalue weighted by Gasteiger charge is 2.28. The normalized spacial score (nSPS) is 19.9. The van der Waals surface area contributed by atoms with Crippen molar-refractivity contribution in [2.45, 2.75) is 12.8 Å². The fraction of sp³-hybridized carbons (Fsp3) is 0.643. The molecule has 0 atom stereocenters. The Morgan fingerprint density at radius 1 is 1.25 bits per heavy atom. The molecule has 1 amide bonds. The Balaban J connectivity index is 1.54. The van der Waals surface area contributed by atoms with Crippen molar-refractivity contribution in [2.24, 2.45) is 5.92 Å². The number of amides is 1. The molecule has 1 aliphatic heterocycles. The molecule has 1 aromatic rings. The SMILES string of the molecule is CNc1cnc(C(=O)N2CCN(CC3CC3)CC2)cn1. The van der Waals surface area contributed by atoms with Gasteiger partial charge in [0.1, 0.15) is 11.5 Å². The molecule has 2 fully saturated rings. The maximum Gasteiger partial charge on any atom is 0.274 e. The first-order valence-electron chi connectivity index (χ1n) is 7.27. The molecule has 0 bridgehead atoms. The van der Waals surface area contributed by atoms with E-state index in [0.717, 1.165) is 32.1 Å². The highest BCUT2D eigenvalue weighted by Crippen LogP contribution is 2.29. The number of hydrogen-bond donors (Lipinski definition) is 1. The van der Waals surface area contributed by atoms with Gasteiger partial charge in [0.05, 0.1) is 12.4 Å². The second-order valence-electron chi connectivity index (χ2n) is 5.57. The van der Waals surface area contributed by atoms with Gasteiger partial charge < -0.3 is 10.2 Å². The Morgan fingerprint density at radius 3 is 2.55 bits per heavy atom. The predicted octanol–water partition coefficient (Wildman–Crippen LogP) is 0.686. The number of hydrogen-bond acceptors (Lipinski definition) is 5. The molecule has 2 aliphatic rings. The summed E-state index contributed by atoms with van der Waals surface area (Å²) in [4.78, 5) is 25.0. The largest absolute Gasteiger partial charge is 0.372 e. The molecular formula is C14H21N5O. The quantitative estimate of drug-likeness (QED) is 0.876. The van der Waals surface area contributed by atoms with E-state index in [1.807, 2.05) is 4.90 Å². The van der Waals surface area contributed by atoms with Gasteiger partial charge in [-0.2, -0.15) is 0 Å². The second kappa shape index (κ2) is 5.75. The van der Waals surface area contributed by atoms with Gasteiger partial charge in [0.25, 0.3) is 5.91 Å². The highest BCUT2D eigenvalue weighted by atomic mass is 16.2. The van der Waals surface area contributed by atoms with Gasteiger partial charge in [-0.15, -0.1) is 0 Å². The van der Waals surface area contributed by atoms with Crippen molar-refractivity contribution in [3.63, 3.8) is 0 Å². The monoisotopic (exact) mass is 275 g/mol. The zero-order valence-corrected chi connectivity index (χ0v) is 11.9. The number of anilines is 1. The van der Waals surface area contributed by atoms with E-state index in [2.05, 4.69) is 20.2 Å². The van der Waals surface area contributed by atoms with Crippen molar-refractivity contribution in [3.8, 4) is 0 Å². The van der Waals surface area contributed by atoms with Crippen molar-refractivity contribution in [3.05, 3.63) is 18.1 Å². The Hall–Kier alpha value is -1.69. The summed E-state index contributed by atoms with van der Waals surface area (Å²) in [6.07, 6.45) is 5.90. The van der Waals surface area contributed by atoms with Gasteiger partial charge in [-0.1, -0.05) is 0 Å². The lowest BCUT2D eigenvalue weighted by Crippen LogP contribution is -2.49. The van der Waals surface area contributed by atoms with Crippen molar-refractivity contribution >= 4 is 11.7 Å². The van der Waals surface area contributed by atoms with E-state index in [9.17, 15) is 4.79 Å². The average molecular weight is 275 g/mol. The van der Waals surface area contributed by atoms with Crippen LogP contribution in [0.15, 0.2) is 12.4 Å². The molecule has 1 saturated heterocycles. The van der Waals surface area contributed by atoms with Gasteiger partial charge in [0, 0.05) is 39.8 Å². The third-order valence-corrected chi connectivity index (χ3v) is 4.00. The molecule has 1 aromatic heterocycles. The number of nitrogens with one attached hydrogen (secondary N) is 1. The summed E-state index contributed by atoms with van der Waals surface area (Å²) < 4.78 is 0. The highest BCUT2D eigenvalue weighted by molar-refractivity contribution is 5.92. The summed E-state index contributed by atoms with van der Waals surface area (Å²) in [5, 5.41) is 2.90. The maximum atomic E-state index is 12.3. The Bertz CT molecular complexity index is 463. The van der Waals surface area contributed by atoms with Gasteiger partial charge in [-0.25, -0.2) is 9.97 Å². The first kappa shape index (κ1) is 13.3. The van der Waals surface area contributed by atoms with E-state index in [1.165, 1.54) is 19.4 Å². The predicted molar refractivity (Wildman–Crippen MR) is 76.6 cm³/mol. The summed E-state index contributed by atoms with van der Waals surface area (Å²) in [7, 11) is 1.78. The fourth-order valence-corrected chi connectivity index (χ4v) is 2.53. The minimum atomic E-state index is -0.00812. The number of carbonyl (C=O) groups is 1. The molecule has 2 heterocycles. The van der Waals surface area contributed by atoms with Crippen LogP contribution in [0.4, 0.5) is 5.82 Å². The van der Waals surface area contributed by atoms with Crippen LogP contribution >= 0.6 is 0 Å². The molecule has 6 heteroatoms. The molecule has 20 heavy (non-hydrogen) atoms. The van der Waals surface area contributed by atoms with Crippen LogP contribution in [0.2, 0.25) is 0 Å². The maximum absolute atomic E-state index is 12.3. The lowest BCUT2D eigenvalue weighted by molar-refractivity contribution is 0.0626. The first-order valence-corrected chi connectivity index (χ1v) is 7.27. The molecule has 0 unspecified atom stereocenters. The average Bonchev–Trinajstić information content (AvgIpc) is 3.31. The van der Waals surface area contributed by atoms with Crippen molar-refractivity contribution < 1.29 is 4.79 Å². The lowest BCUT2D eigenvalue weighted by atomic mass is 10.2. The van der Waals surface area contributed by atoms with E-state index in [0.29, 0.717) is 11.5 Å². The van der Waals surface area contributed by atoms with E-state index >= 15 is 0 Å². The van der Waals surface area contributed by atoms with E-state index < -0.39 is 0 Å². The summed E-state index contributed by atoms with van der Waals surface area (Å²) in [6.45, 7) is 4.75. The molecule has 0 radical (unpaired) electrons. The third-order valence-electron chi connectivity index (χ3n) is 4.00. The zero-order chi connectivity index (χ0) is 13.9. The summed E-state index contributed by atoms with van der Waals surface area (Å²) in [6, 6.07) is 0. The van der Waals surface area contributed by atoms with Crippen LogP contribution in [0.25, 0.3) is 0 Å². The molecule has 3 rings (SSSR count). The summed E-state index contributed by atoms with van der Waals surface area (Å²) >= 11 is 0. The second-order valence-corrected chi connectivity index (χ2v) is 5.57. The van der Waals surface area contributed by atoms with Gasteiger partial charge in [-0.05, 0) is 18.8 Å². The topological polar surface area (TPSA) is 61.4 Å². The van der Waals surface area contributed by atoms with Gasteiger partial charge in [0.15, 0.2) is 0 Å². The van der Waals surface area contributed by atoms with Crippen molar-refractivity contribution in [1.29, 1.82) is 0 Å². The minimum absolute atomic E-state index is 0.00812. The molecule has 1 saturated carbocycles. The third kappa shape index (κ3) is 3.07. The number of nitrogens with zero attached hydrogens (tertiary/aromatic N) is 4. The Labute approximate surface area is 119 Å². The van der Waals surface area contributed by atoms with Crippen molar-refractivity contribution in [1.82, 2.24) is 19.8 Å². The van der Waals surface area contributed by atoms with Crippen LogP contribution in [0, 0.1) is 5.92 Å². The molecule has 0 spiro atoms. The fourth-order valence-electron chi connectivity index (χ4n) is 2.53. The van der Waals surface area contributed by atoms with Gasteiger partial charge >= 0.3 is 0 Å². The summed E-state index contributed by atoms with van der Waals surface area (Å²) in [5.41, 5.74) is 0.430. The Kier molecular flexibility index (Phi) is 3.82. The van der Waals surface area contributed by atoms with Crippen LogP contribution in [0.5, 0.6) is 0 Å². The molecular weight excluding hydrogens is 254 g/mol. The molecule has 108 valence electrons. The minimum Gasteiger partial charge on any atom is -0.372 e. The molecule has 6 nitrogen and oxygen atoms in total.